The minimum atomic E-state index is -1.40. The van der Waals surface area contributed by atoms with Gasteiger partial charge in [0.15, 0.2) is 11.5 Å². The van der Waals surface area contributed by atoms with E-state index in [1.54, 1.807) is 24.3 Å². The summed E-state index contributed by atoms with van der Waals surface area (Å²) < 4.78 is 47.1. The summed E-state index contributed by atoms with van der Waals surface area (Å²) in [5, 5.41) is 24.9. The first-order valence-electron chi connectivity index (χ1n) is 22.4. The molecule has 12 heteroatoms. The molecule has 2 heterocycles. The summed E-state index contributed by atoms with van der Waals surface area (Å²) >= 11 is 0. The molecule has 0 saturated heterocycles. The number of nitrogens with zero attached hydrogens (tertiary/aromatic N) is 2. The van der Waals surface area contributed by atoms with Crippen molar-refractivity contribution in [3.8, 4) is 23.0 Å². The van der Waals surface area contributed by atoms with Crippen LogP contribution in [0.4, 0.5) is 4.39 Å². The quantitative estimate of drug-likeness (QED) is 0.0690. The van der Waals surface area contributed by atoms with Gasteiger partial charge in [0.2, 0.25) is 18.5 Å². The molecule has 2 N–H and O–H groups in total. The Balaban J connectivity index is 1.32. The lowest BCUT2D eigenvalue weighted by molar-refractivity contribution is -0.258. The number of amides is 1. The van der Waals surface area contributed by atoms with Gasteiger partial charge in [0, 0.05) is 49.1 Å². The minimum absolute atomic E-state index is 0.0257. The van der Waals surface area contributed by atoms with Gasteiger partial charge in [0.05, 0.1) is 18.2 Å². The third kappa shape index (κ3) is 9.24. The topological polar surface area (TPSA) is 129 Å². The Labute approximate surface area is 364 Å². The summed E-state index contributed by atoms with van der Waals surface area (Å²) in [6.45, 7) is 10.7. The van der Waals surface area contributed by atoms with E-state index in [9.17, 15) is 19.4 Å². The van der Waals surface area contributed by atoms with Gasteiger partial charge in [-0.05, 0) is 119 Å². The van der Waals surface area contributed by atoms with Gasteiger partial charge in [-0.2, -0.15) is 0 Å². The lowest BCUT2D eigenvalue weighted by Crippen LogP contribution is -2.70. The highest BCUT2D eigenvalue weighted by atomic mass is 19.1. The van der Waals surface area contributed by atoms with E-state index in [4.69, 9.17) is 33.7 Å². The van der Waals surface area contributed by atoms with Crippen LogP contribution in [0.2, 0.25) is 0 Å². The number of hydrogen-bond donors (Lipinski definition) is 2. The van der Waals surface area contributed by atoms with E-state index in [1.807, 2.05) is 62.1 Å². The Kier molecular flexibility index (Phi) is 13.3. The molecule has 2 aliphatic heterocycles. The molecule has 0 aromatic heterocycles. The maximum Gasteiger partial charge on any atom is 0.239 e. The van der Waals surface area contributed by atoms with Crippen LogP contribution in [0.3, 0.4) is 0 Å². The van der Waals surface area contributed by atoms with Gasteiger partial charge in [0.1, 0.15) is 35.6 Å². The predicted molar refractivity (Wildman–Crippen MR) is 232 cm³/mol. The van der Waals surface area contributed by atoms with Crippen molar-refractivity contribution in [1.82, 2.24) is 4.90 Å². The smallest absolute Gasteiger partial charge is 0.239 e. The van der Waals surface area contributed by atoms with Crippen molar-refractivity contribution in [2.24, 2.45) is 28.8 Å². The van der Waals surface area contributed by atoms with E-state index in [-0.39, 0.29) is 75.2 Å². The van der Waals surface area contributed by atoms with Crippen LogP contribution in [-0.2, 0) is 27.5 Å². The Hall–Kier alpha value is -4.91. The number of halogens is 1. The lowest BCUT2D eigenvalue weighted by Gasteiger charge is -2.60. The molecular formula is C50H61FN2O9. The van der Waals surface area contributed by atoms with Crippen LogP contribution in [0.1, 0.15) is 101 Å². The Morgan fingerprint density at radius 2 is 1.74 bits per heavy atom. The van der Waals surface area contributed by atoms with Crippen LogP contribution < -0.4 is 18.9 Å². The van der Waals surface area contributed by atoms with E-state index < -0.39 is 23.3 Å². The Morgan fingerprint density at radius 1 is 0.984 bits per heavy atom. The predicted octanol–water partition coefficient (Wildman–Crippen LogP) is 9.00. The van der Waals surface area contributed by atoms with Crippen molar-refractivity contribution < 1.29 is 47.9 Å². The zero-order valence-corrected chi connectivity index (χ0v) is 36.2. The first-order chi connectivity index (χ1) is 30.0. The van der Waals surface area contributed by atoms with Gasteiger partial charge < -0.3 is 43.6 Å². The molecule has 3 aliphatic carbocycles. The number of carbonyl (C=O) groups excluding carboxylic acids is 1. The normalized spacial score (nSPS) is 25.3. The fraction of sp³-hybridized carbons (Fsp3) is 0.520. The number of fused-ring (bicyclic) bond motifs is 3. The van der Waals surface area contributed by atoms with E-state index in [2.05, 4.69) is 12.7 Å². The van der Waals surface area contributed by atoms with Gasteiger partial charge in [-0.3, -0.25) is 4.79 Å². The molecule has 62 heavy (non-hydrogen) atoms. The molecule has 0 radical (unpaired) electrons. The van der Waals surface area contributed by atoms with E-state index >= 15 is 0 Å². The Morgan fingerprint density at radius 3 is 2.48 bits per heavy atom. The molecule has 0 unspecified atom stereocenters. The van der Waals surface area contributed by atoms with Crippen molar-refractivity contribution >= 4 is 11.6 Å². The van der Waals surface area contributed by atoms with Crippen molar-refractivity contribution in [1.29, 1.82) is 0 Å². The van der Waals surface area contributed by atoms with Crippen LogP contribution in [0, 0.1) is 29.5 Å². The number of aliphatic hydroxyl groups is 2. The first kappa shape index (κ1) is 43.7. The molecular weight excluding hydrogens is 792 g/mol. The number of ether oxygens (including phenoxy) is 5. The summed E-state index contributed by atoms with van der Waals surface area (Å²) in [5.41, 5.74) is 3.35. The minimum Gasteiger partial charge on any atom is -0.489 e. The molecule has 6 atom stereocenters. The third-order valence-electron chi connectivity index (χ3n) is 12.8. The summed E-state index contributed by atoms with van der Waals surface area (Å²) in [4.78, 5) is 23.1. The molecule has 8 rings (SSSR count). The van der Waals surface area contributed by atoms with Crippen LogP contribution in [0.25, 0.3) is 0 Å². The molecule has 332 valence electrons. The Bertz CT molecular complexity index is 2150. The lowest BCUT2D eigenvalue weighted by atomic mass is 9.55. The van der Waals surface area contributed by atoms with Crippen LogP contribution in [0.5, 0.6) is 23.0 Å². The number of aliphatic hydroxyl groups excluding tert-OH is 2. The fourth-order valence-corrected chi connectivity index (χ4v) is 9.85. The highest BCUT2D eigenvalue weighted by Crippen LogP contribution is 2.62. The van der Waals surface area contributed by atoms with Crippen LogP contribution in [0.15, 0.2) is 90.1 Å². The van der Waals surface area contributed by atoms with Gasteiger partial charge in [-0.25, -0.2) is 4.39 Å². The van der Waals surface area contributed by atoms with E-state index in [1.165, 1.54) is 6.07 Å². The fourth-order valence-electron chi connectivity index (χ4n) is 9.85. The summed E-state index contributed by atoms with van der Waals surface area (Å²) in [5.74, 6) is 0.0471. The van der Waals surface area contributed by atoms with Gasteiger partial charge in [0.25, 0.3) is 0 Å². The second-order valence-corrected chi connectivity index (χ2v) is 18.3. The zero-order chi connectivity index (χ0) is 43.4. The van der Waals surface area contributed by atoms with Crippen molar-refractivity contribution in [3.05, 3.63) is 107 Å². The molecule has 1 amide bonds. The summed E-state index contributed by atoms with van der Waals surface area (Å²) in [6.07, 6.45) is 10.5. The third-order valence-corrected chi connectivity index (χ3v) is 12.8. The maximum absolute atomic E-state index is 14.9. The van der Waals surface area contributed by atoms with Crippen molar-refractivity contribution in [2.75, 3.05) is 26.6 Å². The molecule has 2 fully saturated rings. The first-order valence-corrected chi connectivity index (χ1v) is 22.4. The molecule has 2 saturated carbocycles. The van der Waals surface area contributed by atoms with Gasteiger partial charge in [-0.1, -0.05) is 54.4 Å². The number of benzene rings is 3. The second-order valence-electron chi connectivity index (χ2n) is 18.3. The molecule has 3 aromatic rings. The monoisotopic (exact) mass is 852 g/mol. The highest BCUT2D eigenvalue weighted by molar-refractivity contribution is 6.03. The SMILES string of the molecule is C=CCO[C@@]12Oc3ccc(OCc4ccccc4F)cc3[C@H]3[C@H](CCCCO)[C@@H](CCCCO)C=C(C(=NOC(C)(C)C)C[C@@H]1N(Cc1ccc4c(c1)OCO4)C(=O)C1CC1)[C@H]32. The number of carbonyl (C=O) groups is 1. The highest BCUT2D eigenvalue weighted by Gasteiger charge is 2.66. The number of allylic oxidation sites excluding steroid dienone is 1. The maximum atomic E-state index is 14.9. The number of hydrogen-bond acceptors (Lipinski definition) is 10. The summed E-state index contributed by atoms with van der Waals surface area (Å²) in [6, 6.07) is 17.5. The standard InChI is InChI=1S/C50H61FN2O9/c1-5-24-60-50-45(53(48(56)33-17-18-33)29-32-16-20-43-44(25-32)59-31-58-43)28-41(52-62-49(2,3)4)38-26-34(12-8-10-22-54)37(14-9-11-23-55)46(47(38)50)39-27-36(19-21-42(39)61-50)57-30-35-13-6-7-15-40(35)51/h5-7,13,15-16,19-21,25-27,33-34,37,45-47,54-55H,1,8-12,14,17-18,22-24,28-31H2,2-4H3/t34-,37+,45-,46+,47+,50+/m0/s1. The largest absolute Gasteiger partial charge is 0.489 e. The zero-order valence-electron chi connectivity index (χ0n) is 36.2. The number of rotatable bonds is 19. The molecule has 0 spiro atoms. The van der Waals surface area contributed by atoms with Gasteiger partial charge in [-0.15, -0.1) is 6.58 Å². The molecule has 11 nitrogen and oxygen atoms in total. The van der Waals surface area contributed by atoms with Crippen molar-refractivity contribution in [2.45, 2.75) is 115 Å². The van der Waals surface area contributed by atoms with Crippen LogP contribution in [-0.4, -0.2) is 70.8 Å². The average Bonchev–Trinajstić information content (AvgIpc) is 4.01. The second kappa shape index (κ2) is 18.8. The van der Waals surface area contributed by atoms with E-state index in [0.29, 0.717) is 47.8 Å². The number of oxime groups is 1. The molecule has 0 bridgehead atoms. The van der Waals surface area contributed by atoms with E-state index in [0.717, 1.165) is 60.9 Å². The van der Waals surface area contributed by atoms with Crippen molar-refractivity contribution in [3.63, 3.8) is 0 Å². The number of unbranched alkanes of at least 4 members (excludes halogenated alkanes) is 2. The van der Waals surface area contributed by atoms with Gasteiger partial charge >= 0.3 is 0 Å². The van der Waals surface area contributed by atoms with Crippen LogP contribution >= 0.6 is 0 Å². The molecule has 3 aromatic carbocycles. The average molecular weight is 853 g/mol. The molecule has 5 aliphatic rings. The summed E-state index contributed by atoms with van der Waals surface area (Å²) in [7, 11) is 0.